The Morgan fingerprint density at radius 2 is 2.28 bits per heavy atom. The SMILES string of the molecule is CCN(CCN1CCC[C@H]1c1ncon1)C(=O)/C(C#N)=C/c1cc(O)c(O)c([N+](=O)[O-])c1. The van der Waals surface area contributed by atoms with Crippen molar-refractivity contribution in [3.8, 4) is 17.6 Å². The number of nitro groups is 1. The molecule has 32 heavy (non-hydrogen) atoms. The van der Waals surface area contributed by atoms with Crippen LogP contribution < -0.4 is 0 Å². The van der Waals surface area contributed by atoms with Gasteiger partial charge in [-0.3, -0.25) is 19.8 Å². The average Bonchev–Trinajstić information content (AvgIpc) is 3.46. The summed E-state index contributed by atoms with van der Waals surface area (Å²) in [5, 5.41) is 43.8. The third-order valence-electron chi connectivity index (χ3n) is 5.32. The average molecular weight is 442 g/mol. The largest absolute Gasteiger partial charge is 0.504 e. The standard InChI is InChI=1S/C20H22N6O6/c1-2-24(6-7-25-5-3-4-15(25)19-22-12-32-23-19)20(29)14(11-21)8-13-9-16(26(30)31)18(28)17(27)10-13/h8-10,12,15,27-28H,2-7H2,1H3/b14-8+/t15-/m0/s1. The first-order valence-electron chi connectivity index (χ1n) is 9.97. The smallest absolute Gasteiger partial charge is 0.315 e. The number of likely N-dealkylation sites (tertiary alicyclic amines) is 1. The number of amides is 1. The summed E-state index contributed by atoms with van der Waals surface area (Å²) in [6.07, 6.45) is 4.27. The van der Waals surface area contributed by atoms with Crippen LogP contribution in [0.4, 0.5) is 5.69 Å². The zero-order chi connectivity index (χ0) is 23.3. The van der Waals surface area contributed by atoms with E-state index in [1.54, 1.807) is 6.92 Å². The van der Waals surface area contributed by atoms with Crippen LogP contribution in [0.1, 0.15) is 37.2 Å². The molecule has 1 aromatic heterocycles. The van der Waals surface area contributed by atoms with Crippen LogP contribution in [-0.4, -0.2) is 67.2 Å². The van der Waals surface area contributed by atoms with Crippen molar-refractivity contribution in [2.45, 2.75) is 25.8 Å². The number of nitrogens with zero attached hydrogens (tertiary/aromatic N) is 6. The minimum absolute atomic E-state index is 0.00839. The quantitative estimate of drug-likeness (QED) is 0.202. The Labute approximate surface area is 183 Å². The third-order valence-corrected chi connectivity index (χ3v) is 5.32. The van der Waals surface area contributed by atoms with E-state index in [1.807, 2.05) is 6.07 Å². The van der Waals surface area contributed by atoms with Gasteiger partial charge in [0.1, 0.15) is 11.6 Å². The summed E-state index contributed by atoms with van der Waals surface area (Å²) < 4.78 is 4.83. The van der Waals surface area contributed by atoms with E-state index in [0.29, 0.717) is 25.5 Å². The van der Waals surface area contributed by atoms with Gasteiger partial charge >= 0.3 is 5.69 Å². The Kier molecular flexibility index (Phi) is 7.01. The van der Waals surface area contributed by atoms with Gasteiger partial charge in [-0.25, -0.2) is 0 Å². The summed E-state index contributed by atoms with van der Waals surface area (Å²) in [5.74, 6) is -1.54. The monoisotopic (exact) mass is 442 g/mol. The van der Waals surface area contributed by atoms with E-state index in [4.69, 9.17) is 4.52 Å². The topological polar surface area (TPSA) is 170 Å². The molecule has 1 saturated heterocycles. The highest BCUT2D eigenvalue weighted by molar-refractivity contribution is 6.01. The molecule has 2 N–H and O–H groups in total. The van der Waals surface area contributed by atoms with Crippen LogP contribution in [0.5, 0.6) is 11.5 Å². The fourth-order valence-corrected chi connectivity index (χ4v) is 3.69. The van der Waals surface area contributed by atoms with Crippen LogP contribution in [0.25, 0.3) is 6.08 Å². The number of phenolic OH excluding ortho intramolecular Hbond substituents is 2. The van der Waals surface area contributed by atoms with E-state index in [2.05, 4.69) is 15.0 Å². The van der Waals surface area contributed by atoms with Gasteiger partial charge in [-0.1, -0.05) is 5.16 Å². The zero-order valence-electron chi connectivity index (χ0n) is 17.3. The van der Waals surface area contributed by atoms with Gasteiger partial charge in [0.25, 0.3) is 5.91 Å². The number of nitro benzene ring substituents is 1. The lowest BCUT2D eigenvalue weighted by Crippen LogP contribution is -2.39. The highest BCUT2D eigenvalue weighted by Gasteiger charge is 2.30. The Morgan fingerprint density at radius 1 is 1.50 bits per heavy atom. The number of aromatic hydroxyl groups is 2. The van der Waals surface area contributed by atoms with Crippen LogP contribution in [0.3, 0.4) is 0 Å². The van der Waals surface area contributed by atoms with Gasteiger partial charge in [0.2, 0.25) is 12.1 Å². The summed E-state index contributed by atoms with van der Waals surface area (Å²) in [5.41, 5.74) is -0.929. The molecule has 1 aliphatic heterocycles. The number of hydrogen-bond acceptors (Lipinski definition) is 10. The summed E-state index contributed by atoms with van der Waals surface area (Å²) in [6, 6.07) is 3.85. The number of carbonyl (C=O) groups is 1. The van der Waals surface area contributed by atoms with Gasteiger partial charge in [-0.15, -0.1) is 0 Å². The number of rotatable bonds is 8. The van der Waals surface area contributed by atoms with Gasteiger partial charge in [0, 0.05) is 25.7 Å². The van der Waals surface area contributed by atoms with E-state index in [0.717, 1.165) is 37.6 Å². The number of carbonyl (C=O) groups excluding carboxylic acids is 1. The fourth-order valence-electron chi connectivity index (χ4n) is 3.69. The van der Waals surface area contributed by atoms with E-state index >= 15 is 0 Å². The molecular weight excluding hydrogens is 420 g/mol. The number of benzene rings is 1. The van der Waals surface area contributed by atoms with Crippen molar-refractivity contribution < 1.29 is 24.5 Å². The van der Waals surface area contributed by atoms with Crippen LogP contribution in [0.15, 0.2) is 28.6 Å². The van der Waals surface area contributed by atoms with Crippen molar-refractivity contribution in [3.63, 3.8) is 0 Å². The first-order valence-corrected chi connectivity index (χ1v) is 9.97. The van der Waals surface area contributed by atoms with E-state index in [1.165, 1.54) is 11.3 Å². The van der Waals surface area contributed by atoms with Gasteiger partial charge in [-0.2, -0.15) is 10.2 Å². The number of phenols is 2. The maximum absolute atomic E-state index is 12.9. The van der Waals surface area contributed by atoms with Gasteiger partial charge in [-0.05, 0) is 44.0 Å². The molecule has 12 heteroatoms. The molecule has 1 amide bonds. The lowest BCUT2D eigenvalue weighted by atomic mass is 10.1. The predicted octanol–water partition coefficient (Wildman–Crippen LogP) is 1.98. The maximum Gasteiger partial charge on any atom is 0.315 e. The van der Waals surface area contributed by atoms with Gasteiger partial charge < -0.3 is 19.6 Å². The first-order chi connectivity index (χ1) is 15.3. The second-order valence-corrected chi connectivity index (χ2v) is 7.20. The number of nitriles is 1. The van der Waals surface area contributed by atoms with Crippen molar-refractivity contribution in [2.24, 2.45) is 0 Å². The molecular formula is C20H22N6O6. The van der Waals surface area contributed by atoms with Gasteiger partial charge in [0.15, 0.2) is 11.6 Å². The Morgan fingerprint density at radius 3 is 2.91 bits per heavy atom. The molecule has 1 atom stereocenters. The zero-order valence-corrected chi connectivity index (χ0v) is 17.3. The molecule has 2 aromatic rings. The number of hydrogen-bond donors (Lipinski definition) is 2. The number of likely N-dealkylation sites (N-methyl/N-ethyl adjacent to an activating group) is 1. The van der Waals surface area contributed by atoms with E-state index in [9.17, 15) is 30.4 Å². The second-order valence-electron chi connectivity index (χ2n) is 7.20. The van der Waals surface area contributed by atoms with Crippen molar-refractivity contribution in [3.05, 3.63) is 45.6 Å². The first kappa shape index (κ1) is 22.7. The van der Waals surface area contributed by atoms with Crippen molar-refractivity contribution >= 4 is 17.7 Å². The molecule has 12 nitrogen and oxygen atoms in total. The predicted molar refractivity (Wildman–Crippen MR) is 110 cm³/mol. The molecule has 0 unspecified atom stereocenters. The van der Waals surface area contributed by atoms with Crippen LogP contribution in [0, 0.1) is 21.4 Å². The summed E-state index contributed by atoms with van der Waals surface area (Å²) >= 11 is 0. The third kappa shape index (κ3) is 4.84. The number of aromatic nitrogens is 2. The van der Waals surface area contributed by atoms with Crippen LogP contribution in [-0.2, 0) is 4.79 Å². The molecule has 0 radical (unpaired) electrons. The minimum Gasteiger partial charge on any atom is -0.504 e. The lowest BCUT2D eigenvalue weighted by molar-refractivity contribution is -0.386. The highest BCUT2D eigenvalue weighted by Crippen LogP contribution is 2.36. The van der Waals surface area contributed by atoms with Crippen LogP contribution >= 0.6 is 0 Å². The molecule has 3 rings (SSSR count). The Hall–Kier alpha value is -3.98. The molecule has 1 fully saturated rings. The minimum atomic E-state index is -0.881. The molecule has 2 heterocycles. The summed E-state index contributed by atoms with van der Waals surface area (Å²) in [4.78, 5) is 30.9. The maximum atomic E-state index is 12.9. The molecule has 0 bridgehead atoms. The molecule has 0 spiro atoms. The normalized spacial score (nSPS) is 16.6. The molecule has 0 aliphatic carbocycles. The van der Waals surface area contributed by atoms with Crippen molar-refractivity contribution in [1.82, 2.24) is 19.9 Å². The van der Waals surface area contributed by atoms with Crippen LogP contribution in [0.2, 0.25) is 0 Å². The molecule has 0 saturated carbocycles. The molecule has 1 aliphatic rings. The van der Waals surface area contributed by atoms with E-state index in [-0.39, 0.29) is 17.2 Å². The van der Waals surface area contributed by atoms with Crippen molar-refractivity contribution in [2.75, 3.05) is 26.2 Å². The Balaban J connectivity index is 1.75. The molecule has 1 aromatic carbocycles. The Bertz CT molecular complexity index is 1060. The van der Waals surface area contributed by atoms with Gasteiger partial charge in [0.05, 0.1) is 11.0 Å². The summed E-state index contributed by atoms with van der Waals surface area (Å²) in [6.45, 7) is 3.85. The lowest BCUT2D eigenvalue weighted by Gasteiger charge is -2.26. The van der Waals surface area contributed by atoms with Crippen molar-refractivity contribution in [1.29, 1.82) is 5.26 Å². The molecule has 168 valence electrons. The summed E-state index contributed by atoms with van der Waals surface area (Å²) in [7, 11) is 0. The second kappa shape index (κ2) is 9.88. The highest BCUT2D eigenvalue weighted by atomic mass is 16.6. The van der Waals surface area contributed by atoms with E-state index < -0.39 is 28.0 Å². The fraction of sp³-hybridized carbons (Fsp3) is 0.400.